The van der Waals surface area contributed by atoms with Crippen LogP contribution in [0.1, 0.15) is 25.0 Å². The molecule has 0 amide bonds. The fourth-order valence-electron chi connectivity index (χ4n) is 3.49. The third-order valence-corrected chi connectivity index (χ3v) is 5.25. The highest BCUT2D eigenvalue weighted by Crippen LogP contribution is 2.28. The van der Waals surface area contributed by atoms with E-state index >= 15 is 0 Å². The van der Waals surface area contributed by atoms with Gasteiger partial charge in [-0.15, -0.1) is 0 Å². The second-order valence-electron chi connectivity index (χ2n) is 7.39. The summed E-state index contributed by atoms with van der Waals surface area (Å²) in [4.78, 5) is 0. The minimum atomic E-state index is -0.458. The average molecular weight is 361 g/mol. The highest BCUT2D eigenvalue weighted by Gasteiger charge is 2.43. The summed E-state index contributed by atoms with van der Waals surface area (Å²) >= 11 is 0. The van der Waals surface area contributed by atoms with Crippen molar-refractivity contribution >= 4 is 23.4 Å². The number of hydrogen-bond acceptors (Lipinski definition) is 4. The summed E-state index contributed by atoms with van der Waals surface area (Å²) in [5.41, 5.74) is 2.92. The Bertz CT molecular complexity index is 967. The van der Waals surface area contributed by atoms with Gasteiger partial charge in [0.2, 0.25) is 0 Å². The summed E-state index contributed by atoms with van der Waals surface area (Å²) in [5, 5.41) is 4.27. The number of hydroxylamine groups is 2. The molecule has 0 atom stereocenters. The molecule has 0 bridgehead atoms. The summed E-state index contributed by atoms with van der Waals surface area (Å²) in [5.74, 6) is 0.872. The Labute approximate surface area is 160 Å². The molecule has 27 heavy (non-hydrogen) atoms. The molecule has 4 rings (SSSR count). The van der Waals surface area contributed by atoms with Gasteiger partial charge in [-0.05, 0) is 47.3 Å². The van der Waals surface area contributed by atoms with Gasteiger partial charge >= 0.3 is 7.12 Å². The molecule has 0 saturated carbocycles. The summed E-state index contributed by atoms with van der Waals surface area (Å²) in [7, 11) is 3.18. The van der Waals surface area contributed by atoms with Gasteiger partial charge in [0.15, 0.2) is 0 Å². The van der Waals surface area contributed by atoms with Gasteiger partial charge in [-0.1, -0.05) is 54.6 Å². The normalized spacial score (nSPS) is 16.8. The largest absolute Gasteiger partial charge is 0.512 e. The zero-order valence-electron chi connectivity index (χ0n) is 16.2. The Hall–Kier alpha value is -2.34. The number of benzene rings is 3. The molecule has 0 aromatic heterocycles. The molecule has 1 saturated heterocycles. The highest BCUT2D eigenvalue weighted by atomic mass is 16.8. The van der Waals surface area contributed by atoms with Crippen LogP contribution in [0.25, 0.3) is 10.8 Å². The maximum atomic E-state index is 6.06. The Morgan fingerprint density at radius 3 is 2.52 bits per heavy atom. The van der Waals surface area contributed by atoms with E-state index < -0.39 is 12.8 Å². The van der Waals surface area contributed by atoms with E-state index in [-0.39, 0.29) is 0 Å². The van der Waals surface area contributed by atoms with Crippen molar-refractivity contribution in [1.29, 1.82) is 0 Å². The van der Waals surface area contributed by atoms with Crippen LogP contribution in [-0.2, 0) is 15.8 Å². The molecule has 0 aliphatic carbocycles. The van der Waals surface area contributed by atoms with E-state index in [9.17, 15) is 0 Å². The van der Waals surface area contributed by atoms with Crippen LogP contribution >= 0.6 is 0 Å². The topological polar surface area (TPSA) is 30.9 Å². The molecule has 0 unspecified atom stereocenters. The van der Waals surface area contributed by atoms with E-state index in [0.29, 0.717) is 0 Å². The first-order chi connectivity index (χ1) is 13.0. The monoisotopic (exact) mass is 361 g/mol. The molecule has 3 aromatic carbocycles. The molecule has 0 N–H and O–H groups in total. The van der Waals surface area contributed by atoms with Crippen LogP contribution in [0.4, 0.5) is 0 Å². The van der Waals surface area contributed by atoms with Gasteiger partial charge in [0.05, 0.1) is 7.11 Å². The van der Waals surface area contributed by atoms with E-state index in [1.165, 1.54) is 16.3 Å². The van der Waals surface area contributed by atoms with Crippen LogP contribution < -0.4 is 10.2 Å². The maximum absolute atomic E-state index is 6.06. The van der Waals surface area contributed by atoms with E-state index in [4.69, 9.17) is 14.1 Å². The third kappa shape index (κ3) is 3.46. The second kappa shape index (κ2) is 7.00. The van der Waals surface area contributed by atoms with Crippen LogP contribution in [0, 0.1) is 0 Å². The summed E-state index contributed by atoms with van der Waals surface area (Å²) in [6, 6.07) is 21.0. The van der Waals surface area contributed by atoms with Gasteiger partial charge in [0, 0.05) is 13.5 Å². The van der Waals surface area contributed by atoms with Crippen molar-refractivity contribution in [3.8, 4) is 5.75 Å². The number of nitrogens with zero attached hydrogens (tertiary/aromatic N) is 1. The number of fused-ring (bicyclic) bond motifs is 1. The number of rotatable bonds is 4. The minimum absolute atomic E-state index is 0.415. The molecule has 4 nitrogen and oxygen atoms in total. The van der Waals surface area contributed by atoms with E-state index in [1.54, 1.807) is 12.2 Å². The quantitative estimate of drug-likeness (QED) is 0.662. The van der Waals surface area contributed by atoms with Crippen LogP contribution in [0.3, 0.4) is 0 Å². The van der Waals surface area contributed by atoms with Gasteiger partial charge in [0.25, 0.3) is 0 Å². The van der Waals surface area contributed by atoms with Gasteiger partial charge in [-0.25, -0.2) is 0 Å². The molecule has 1 heterocycles. The zero-order chi connectivity index (χ0) is 19.0. The number of ether oxygens (including phenoxy) is 1. The van der Waals surface area contributed by atoms with Crippen LogP contribution in [0.15, 0.2) is 60.7 Å². The molecular weight excluding hydrogens is 337 g/mol. The van der Waals surface area contributed by atoms with Crippen LogP contribution in [0.5, 0.6) is 5.75 Å². The second-order valence-corrected chi connectivity index (χ2v) is 7.39. The first kappa shape index (κ1) is 18.0. The molecule has 1 fully saturated rings. The van der Waals surface area contributed by atoms with E-state index in [1.807, 2.05) is 33.0 Å². The third-order valence-electron chi connectivity index (χ3n) is 5.25. The van der Waals surface area contributed by atoms with Crippen molar-refractivity contribution in [2.24, 2.45) is 0 Å². The van der Waals surface area contributed by atoms with Crippen molar-refractivity contribution in [2.75, 3.05) is 14.2 Å². The summed E-state index contributed by atoms with van der Waals surface area (Å²) < 4.78 is 17.6. The van der Waals surface area contributed by atoms with Crippen molar-refractivity contribution in [3.05, 3.63) is 71.8 Å². The fourth-order valence-corrected chi connectivity index (χ4v) is 3.49. The summed E-state index contributed by atoms with van der Waals surface area (Å²) in [6.07, 6.45) is 0.782. The van der Waals surface area contributed by atoms with Crippen molar-refractivity contribution < 1.29 is 14.1 Å². The fraction of sp³-hybridized carbons (Fsp3) is 0.273. The lowest BCUT2D eigenvalue weighted by molar-refractivity contribution is -0.126. The molecule has 1 aliphatic rings. The first-order valence-electron chi connectivity index (χ1n) is 9.20. The Morgan fingerprint density at radius 2 is 1.78 bits per heavy atom. The predicted molar refractivity (Wildman–Crippen MR) is 109 cm³/mol. The lowest BCUT2D eigenvalue weighted by atomic mass is 9.78. The smallest absolute Gasteiger partial charge is 0.496 e. The molecule has 3 aromatic rings. The predicted octanol–water partition coefficient (Wildman–Crippen LogP) is 3.76. The maximum Gasteiger partial charge on any atom is 0.512 e. The van der Waals surface area contributed by atoms with Crippen LogP contribution in [0.2, 0.25) is 0 Å². The molecule has 138 valence electrons. The lowest BCUT2D eigenvalue weighted by Crippen LogP contribution is -2.35. The molecular formula is C22H24BNO3. The molecule has 1 aliphatic heterocycles. The standard InChI is InChI=1S/C22H24BNO3/c1-22(2)24(3)27-23(26-22)19-12-13-21(25-4)18(15-19)14-17-10-7-9-16-8-5-6-11-20(16)17/h5-13,15H,14H2,1-4H3. The van der Waals surface area contributed by atoms with Gasteiger partial charge in [0.1, 0.15) is 11.5 Å². The van der Waals surface area contributed by atoms with Gasteiger partial charge < -0.3 is 14.1 Å². The van der Waals surface area contributed by atoms with E-state index in [0.717, 1.165) is 23.2 Å². The number of methoxy groups -OCH3 is 1. The van der Waals surface area contributed by atoms with Crippen molar-refractivity contribution in [3.63, 3.8) is 0 Å². The van der Waals surface area contributed by atoms with Gasteiger partial charge in [-0.2, -0.15) is 5.06 Å². The van der Waals surface area contributed by atoms with E-state index in [2.05, 4.69) is 48.5 Å². The van der Waals surface area contributed by atoms with Crippen molar-refractivity contribution in [2.45, 2.75) is 26.0 Å². The lowest BCUT2D eigenvalue weighted by Gasteiger charge is -2.24. The Kier molecular flexibility index (Phi) is 4.68. The molecule has 0 spiro atoms. The Morgan fingerprint density at radius 1 is 1.00 bits per heavy atom. The average Bonchev–Trinajstić information content (AvgIpc) is 2.95. The van der Waals surface area contributed by atoms with Crippen molar-refractivity contribution in [1.82, 2.24) is 5.06 Å². The summed E-state index contributed by atoms with van der Waals surface area (Å²) in [6.45, 7) is 3.99. The minimum Gasteiger partial charge on any atom is -0.496 e. The molecule has 0 radical (unpaired) electrons. The van der Waals surface area contributed by atoms with Crippen LogP contribution in [-0.4, -0.2) is 32.1 Å². The SMILES string of the molecule is COc1ccc(B2ON(C)C(C)(C)O2)cc1Cc1cccc2ccccc12. The highest BCUT2D eigenvalue weighted by molar-refractivity contribution is 6.61. The zero-order valence-corrected chi connectivity index (χ0v) is 16.2. The number of hydrogen-bond donors (Lipinski definition) is 0. The first-order valence-corrected chi connectivity index (χ1v) is 9.20. The Balaban J connectivity index is 1.70. The molecule has 5 heteroatoms. The van der Waals surface area contributed by atoms with Gasteiger partial charge in [-0.3, -0.25) is 0 Å².